The summed E-state index contributed by atoms with van der Waals surface area (Å²) in [6, 6.07) is 15.3. The van der Waals surface area contributed by atoms with Gasteiger partial charge in [-0.15, -0.1) is 10.2 Å². The molecular weight excluding hydrogens is 422 g/mol. The van der Waals surface area contributed by atoms with Crippen LogP contribution in [0.25, 0.3) is 10.9 Å². The summed E-state index contributed by atoms with van der Waals surface area (Å²) in [5.74, 6) is -0.380. The fourth-order valence-electron chi connectivity index (χ4n) is 3.37. The number of benzene rings is 2. The van der Waals surface area contributed by atoms with Gasteiger partial charge in [0, 0.05) is 15.9 Å². The number of halogens is 1. The molecule has 1 aromatic heterocycles. The number of hydrogen-bond acceptors (Lipinski definition) is 5. The fraction of sp³-hybridized carbons (Fsp3) is 0.250. The lowest BCUT2D eigenvalue weighted by molar-refractivity contribution is -0.120. The zero-order chi connectivity index (χ0) is 19.7. The van der Waals surface area contributed by atoms with Crippen molar-refractivity contribution in [3.8, 4) is 5.88 Å². The Labute approximate surface area is 170 Å². The van der Waals surface area contributed by atoms with Crippen LogP contribution in [0.2, 0.25) is 0 Å². The molecule has 2 aromatic carbocycles. The molecule has 2 atom stereocenters. The van der Waals surface area contributed by atoms with Crippen molar-refractivity contribution in [3.05, 3.63) is 58.6 Å². The molecule has 4 rings (SSSR count). The highest BCUT2D eigenvalue weighted by atomic mass is 79.9. The Morgan fingerprint density at radius 3 is 2.75 bits per heavy atom. The van der Waals surface area contributed by atoms with Crippen LogP contribution in [0.3, 0.4) is 0 Å². The van der Waals surface area contributed by atoms with Gasteiger partial charge >= 0.3 is 0 Å². The third kappa shape index (κ3) is 3.71. The molecule has 0 bridgehead atoms. The average Bonchev–Trinajstić information content (AvgIpc) is 3.23. The number of fused-ring (bicyclic) bond motifs is 1. The summed E-state index contributed by atoms with van der Waals surface area (Å²) in [4.78, 5) is 12.3. The second-order valence-corrected chi connectivity index (χ2v) is 7.84. The first-order chi connectivity index (χ1) is 13.5. The van der Waals surface area contributed by atoms with Gasteiger partial charge in [-0.2, -0.15) is 0 Å². The van der Waals surface area contributed by atoms with Crippen LogP contribution in [0.1, 0.15) is 18.9 Å². The van der Waals surface area contributed by atoms with Crippen molar-refractivity contribution >= 4 is 38.4 Å². The molecule has 144 valence electrons. The fourth-order valence-corrected chi connectivity index (χ4v) is 3.73. The minimum Gasteiger partial charge on any atom is -0.493 e. The van der Waals surface area contributed by atoms with E-state index >= 15 is 0 Å². The van der Waals surface area contributed by atoms with Crippen LogP contribution in [0, 0.1) is 0 Å². The van der Waals surface area contributed by atoms with Gasteiger partial charge in [-0.1, -0.05) is 46.3 Å². The first-order valence-electron chi connectivity index (χ1n) is 9.04. The molecule has 3 N–H and O–H groups in total. The lowest BCUT2D eigenvalue weighted by atomic mass is 10.1. The van der Waals surface area contributed by atoms with Crippen molar-refractivity contribution < 1.29 is 9.90 Å². The maximum atomic E-state index is 12.3. The van der Waals surface area contributed by atoms with E-state index < -0.39 is 6.04 Å². The molecule has 1 saturated heterocycles. The largest absolute Gasteiger partial charge is 0.493 e. The van der Waals surface area contributed by atoms with E-state index in [1.165, 1.54) is 0 Å². The lowest BCUT2D eigenvalue weighted by Gasteiger charge is -2.07. The monoisotopic (exact) mass is 441 g/mol. The van der Waals surface area contributed by atoms with E-state index in [1.54, 1.807) is 4.57 Å². The Morgan fingerprint density at radius 2 is 2.04 bits per heavy atom. The summed E-state index contributed by atoms with van der Waals surface area (Å²) in [6.07, 6.45) is 0.644. The Hall–Kier alpha value is -2.55. The van der Waals surface area contributed by atoms with Gasteiger partial charge in [0.2, 0.25) is 5.88 Å². The predicted octanol–water partition coefficient (Wildman–Crippen LogP) is 4.02. The van der Waals surface area contributed by atoms with Crippen molar-refractivity contribution in [2.24, 2.45) is 10.2 Å². The minimum absolute atomic E-state index is 0.0145. The number of hydrogen-bond donors (Lipinski definition) is 3. The van der Waals surface area contributed by atoms with Gasteiger partial charge in [0.15, 0.2) is 5.69 Å². The standard InChI is InChI=1S/C20H20BrN5O2/c1-12-9-16(23-22-12)19(27)25-24-18-15-10-14(21)7-8-17(15)26(20(18)28)11-13-5-3-2-4-6-13/h2-8,10,12,16,22-23,28H,9,11H2,1H3. The van der Waals surface area contributed by atoms with Gasteiger partial charge in [-0.05, 0) is 37.1 Å². The molecule has 1 amide bonds. The van der Waals surface area contributed by atoms with Crippen molar-refractivity contribution in [1.82, 2.24) is 15.4 Å². The van der Waals surface area contributed by atoms with Crippen LogP contribution in [0.5, 0.6) is 5.88 Å². The first kappa shape index (κ1) is 18.8. The number of carbonyl (C=O) groups excluding carboxylic acids is 1. The summed E-state index contributed by atoms with van der Waals surface area (Å²) < 4.78 is 2.63. The van der Waals surface area contributed by atoms with Crippen LogP contribution in [-0.4, -0.2) is 27.7 Å². The van der Waals surface area contributed by atoms with E-state index in [0.717, 1.165) is 20.9 Å². The number of carbonyl (C=O) groups is 1. The first-order valence-corrected chi connectivity index (χ1v) is 9.83. The van der Waals surface area contributed by atoms with Gasteiger partial charge < -0.3 is 9.67 Å². The third-order valence-corrected chi connectivity index (χ3v) is 5.29. The number of azo groups is 1. The minimum atomic E-state index is -0.412. The molecule has 3 aromatic rings. The van der Waals surface area contributed by atoms with Crippen molar-refractivity contribution in [2.75, 3.05) is 0 Å². The van der Waals surface area contributed by atoms with Crippen LogP contribution in [0.15, 0.2) is 63.2 Å². The van der Waals surface area contributed by atoms with Crippen LogP contribution in [-0.2, 0) is 11.3 Å². The van der Waals surface area contributed by atoms with E-state index in [2.05, 4.69) is 37.0 Å². The predicted molar refractivity (Wildman–Crippen MR) is 111 cm³/mol. The van der Waals surface area contributed by atoms with E-state index in [1.807, 2.05) is 55.5 Å². The molecule has 28 heavy (non-hydrogen) atoms. The SMILES string of the molecule is CC1CC(C(=O)N=Nc2c(O)n(Cc3ccccc3)c3ccc(Br)cc23)NN1. The summed E-state index contributed by atoms with van der Waals surface area (Å²) in [7, 11) is 0. The summed E-state index contributed by atoms with van der Waals surface area (Å²) in [5.41, 5.74) is 8.07. The highest BCUT2D eigenvalue weighted by Crippen LogP contribution is 2.40. The van der Waals surface area contributed by atoms with E-state index in [9.17, 15) is 9.90 Å². The van der Waals surface area contributed by atoms with E-state index in [0.29, 0.717) is 18.7 Å². The number of nitrogens with one attached hydrogen (secondary N) is 2. The molecule has 0 aliphatic carbocycles. The molecular formula is C20H20BrN5O2. The van der Waals surface area contributed by atoms with Crippen molar-refractivity contribution in [3.63, 3.8) is 0 Å². The maximum absolute atomic E-state index is 12.3. The van der Waals surface area contributed by atoms with Gasteiger partial charge in [0.05, 0.1) is 12.1 Å². The number of aromatic hydroxyl groups is 1. The number of nitrogens with zero attached hydrogens (tertiary/aromatic N) is 3. The number of amides is 1. The second-order valence-electron chi connectivity index (χ2n) is 6.92. The van der Waals surface area contributed by atoms with Crippen molar-refractivity contribution in [2.45, 2.75) is 32.0 Å². The zero-order valence-electron chi connectivity index (χ0n) is 15.3. The quantitative estimate of drug-likeness (QED) is 0.533. The molecule has 1 aliphatic rings. The summed E-state index contributed by atoms with van der Waals surface area (Å²) in [5, 5.41) is 19.6. The molecule has 8 heteroatoms. The molecule has 7 nitrogen and oxygen atoms in total. The number of hydrazine groups is 1. The normalized spacial score (nSPS) is 19.6. The van der Waals surface area contributed by atoms with Gasteiger partial charge in [-0.25, -0.2) is 5.43 Å². The molecule has 0 spiro atoms. The van der Waals surface area contributed by atoms with E-state index in [4.69, 9.17) is 0 Å². The number of rotatable bonds is 4. The molecule has 2 heterocycles. The smallest absolute Gasteiger partial charge is 0.282 e. The van der Waals surface area contributed by atoms with Gasteiger partial charge in [0.25, 0.3) is 5.91 Å². The molecule has 0 radical (unpaired) electrons. The Morgan fingerprint density at radius 1 is 1.25 bits per heavy atom. The lowest BCUT2D eigenvalue weighted by Crippen LogP contribution is -2.36. The van der Waals surface area contributed by atoms with E-state index in [-0.39, 0.29) is 17.8 Å². The van der Waals surface area contributed by atoms with Crippen molar-refractivity contribution in [1.29, 1.82) is 0 Å². The Balaban J connectivity index is 1.71. The molecule has 1 aliphatic heterocycles. The van der Waals surface area contributed by atoms with Crippen LogP contribution < -0.4 is 10.9 Å². The van der Waals surface area contributed by atoms with Gasteiger partial charge in [0.1, 0.15) is 6.04 Å². The number of aromatic nitrogens is 1. The zero-order valence-corrected chi connectivity index (χ0v) is 16.8. The summed E-state index contributed by atoms with van der Waals surface area (Å²) in [6.45, 7) is 2.47. The highest BCUT2D eigenvalue weighted by molar-refractivity contribution is 9.10. The Kier molecular flexibility index (Phi) is 5.25. The summed E-state index contributed by atoms with van der Waals surface area (Å²) >= 11 is 3.46. The van der Waals surface area contributed by atoms with Crippen LogP contribution in [0.4, 0.5) is 5.69 Å². The second kappa shape index (κ2) is 7.83. The molecule has 0 saturated carbocycles. The molecule has 2 unspecified atom stereocenters. The molecule has 1 fully saturated rings. The van der Waals surface area contributed by atoms with Crippen LogP contribution >= 0.6 is 15.9 Å². The Bertz CT molecular complexity index is 1050. The average molecular weight is 442 g/mol. The van der Waals surface area contributed by atoms with Gasteiger partial charge in [-0.3, -0.25) is 10.2 Å². The topological polar surface area (TPSA) is 91.0 Å². The highest BCUT2D eigenvalue weighted by Gasteiger charge is 2.27. The maximum Gasteiger partial charge on any atom is 0.282 e. The third-order valence-electron chi connectivity index (χ3n) is 4.80.